The number of carbonyl (C=O) groups excluding carboxylic acids is 1. The lowest BCUT2D eigenvalue weighted by Gasteiger charge is -2.31. The van der Waals surface area contributed by atoms with Crippen molar-refractivity contribution in [3.05, 3.63) is 34.7 Å². The van der Waals surface area contributed by atoms with E-state index < -0.39 is 0 Å². The average Bonchev–Trinajstić information content (AvgIpc) is 3.25. The number of morpholine rings is 1. The lowest BCUT2D eigenvalue weighted by atomic mass is 10.2. The van der Waals surface area contributed by atoms with E-state index in [4.69, 9.17) is 4.74 Å². The highest BCUT2D eigenvalue weighted by atomic mass is 16.5. The summed E-state index contributed by atoms with van der Waals surface area (Å²) in [4.78, 5) is 19.4. The number of aromatic amines is 1. The Balaban J connectivity index is 1.53. The molecule has 25 heavy (non-hydrogen) atoms. The van der Waals surface area contributed by atoms with Gasteiger partial charge < -0.3 is 14.2 Å². The van der Waals surface area contributed by atoms with E-state index in [0.29, 0.717) is 31.6 Å². The molecule has 2 fully saturated rings. The summed E-state index contributed by atoms with van der Waals surface area (Å²) < 4.78 is 8.11. The van der Waals surface area contributed by atoms with E-state index in [1.807, 2.05) is 17.9 Å². The molecule has 1 saturated heterocycles. The molecule has 7 nitrogen and oxygen atoms in total. The second-order valence-corrected chi connectivity index (χ2v) is 6.99. The molecule has 1 atom stereocenters. The summed E-state index contributed by atoms with van der Waals surface area (Å²) in [6.45, 7) is 7.77. The quantitative estimate of drug-likeness (QED) is 0.924. The molecule has 7 heteroatoms. The Morgan fingerprint density at radius 2 is 2.20 bits per heavy atom. The third-order valence-corrected chi connectivity index (χ3v) is 5.15. The van der Waals surface area contributed by atoms with E-state index in [0.717, 1.165) is 23.5 Å². The molecule has 4 rings (SSSR count). The molecule has 0 aromatic carbocycles. The van der Waals surface area contributed by atoms with E-state index in [9.17, 15) is 4.79 Å². The van der Waals surface area contributed by atoms with Gasteiger partial charge in [-0.25, -0.2) is 4.98 Å². The number of aromatic nitrogens is 4. The number of nitrogens with zero attached hydrogens (tertiary/aromatic N) is 4. The molecule has 0 radical (unpaired) electrons. The van der Waals surface area contributed by atoms with Gasteiger partial charge in [-0.05, 0) is 32.8 Å². The van der Waals surface area contributed by atoms with Crippen LogP contribution in [-0.2, 0) is 11.2 Å². The van der Waals surface area contributed by atoms with Gasteiger partial charge in [0.1, 0.15) is 11.9 Å². The van der Waals surface area contributed by atoms with E-state index >= 15 is 0 Å². The molecule has 2 aliphatic rings. The van der Waals surface area contributed by atoms with Gasteiger partial charge in [0.25, 0.3) is 5.91 Å². The van der Waals surface area contributed by atoms with Crippen molar-refractivity contribution in [2.45, 2.75) is 52.2 Å². The van der Waals surface area contributed by atoms with E-state index in [1.54, 1.807) is 0 Å². The van der Waals surface area contributed by atoms with Gasteiger partial charge in [0, 0.05) is 30.4 Å². The lowest BCUT2D eigenvalue weighted by Crippen LogP contribution is -2.42. The Morgan fingerprint density at radius 1 is 1.40 bits per heavy atom. The number of nitrogens with one attached hydrogen (secondary N) is 1. The van der Waals surface area contributed by atoms with Crippen LogP contribution in [0.25, 0.3) is 0 Å². The highest BCUT2D eigenvalue weighted by Crippen LogP contribution is 2.38. The molecule has 1 aliphatic heterocycles. The molecule has 1 N–H and O–H groups in total. The molecule has 0 bridgehead atoms. The van der Waals surface area contributed by atoms with Crippen LogP contribution in [0.1, 0.15) is 65.3 Å². The zero-order valence-corrected chi connectivity index (χ0v) is 15.1. The van der Waals surface area contributed by atoms with Crippen molar-refractivity contribution in [3.8, 4) is 0 Å². The summed E-state index contributed by atoms with van der Waals surface area (Å²) in [6.07, 6.45) is 2.97. The predicted octanol–water partition coefficient (Wildman–Crippen LogP) is 2.33. The zero-order chi connectivity index (χ0) is 17.6. The fourth-order valence-electron chi connectivity index (χ4n) is 3.66. The van der Waals surface area contributed by atoms with Gasteiger partial charge in [-0.2, -0.15) is 5.10 Å². The summed E-state index contributed by atoms with van der Waals surface area (Å²) >= 11 is 0. The van der Waals surface area contributed by atoms with Gasteiger partial charge in [-0.1, -0.05) is 6.92 Å². The largest absolute Gasteiger partial charge is 0.366 e. The number of hydrogen-bond acceptors (Lipinski definition) is 4. The number of carbonyl (C=O) groups is 1. The Bertz CT molecular complexity index is 789. The molecule has 1 unspecified atom stereocenters. The van der Waals surface area contributed by atoms with E-state index in [1.165, 1.54) is 18.5 Å². The van der Waals surface area contributed by atoms with Crippen molar-refractivity contribution in [1.29, 1.82) is 0 Å². The first-order chi connectivity index (χ1) is 12.1. The minimum atomic E-state index is -0.263. The first kappa shape index (κ1) is 16.3. The first-order valence-electron chi connectivity index (χ1n) is 9.09. The Labute approximate surface area is 147 Å². The van der Waals surface area contributed by atoms with Gasteiger partial charge in [0.2, 0.25) is 0 Å². The third kappa shape index (κ3) is 2.97. The van der Waals surface area contributed by atoms with Crippen LogP contribution in [0.5, 0.6) is 0 Å². The van der Waals surface area contributed by atoms with Crippen LogP contribution in [0, 0.1) is 13.8 Å². The Hall–Kier alpha value is -2.15. The molecule has 2 aromatic heterocycles. The number of hydrogen-bond donors (Lipinski definition) is 1. The zero-order valence-electron chi connectivity index (χ0n) is 15.1. The minimum absolute atomic E-state index is 0.0829. The van der Waals surface area contributed by atoms with Gasteiger partial charge in [0.05, 0.1) is 18.7 Å². The van der Waals surface area contributed by atoms with Crippen molar-refractivity contribution < 1.29 is 9.53 Å². The third-order valence-electron chi connectivity index (χ3n) is 5.15. The number of amides is 1. The Morgan fingerprint density at radius 3 is 2.88 bits per heavy atom. The van der Waals surface area contributed by atoms with Gasteiger partial charge in [-0.15, -0.1) is 0 Å². The predicted molar refractivity (Wildman–Crippen MR) is 92.5 cm³/mol. The molecule has 1 aliphatic carbocycles. The van der Waals surface area contributed by atoms with Crippen molar-refractivity contribution in [2.75, 3.05) is 19.7 Å². The number of aryl methyl sites for hydroxylation is 2. The molecule has 3 heterocycles. The maximum atomic E-state index is 13.1. The molecule has 1 amide bonds. The maximum Gasteiger partial charge on any atom is 0.255 e. The van der Waals surface area contributed by atoms with E-state index in [-0.39, 0.29) is 12.0 Å². The van der Waals surface area contributed by atoms with E-state index in [2.05, 4.69) is 33.6 Å². The lowest BCUT2D eigenvalue weighted by molar-refractivity contribution is -0.0267. The average molecular weight is 343 g/mol. The number of ether oxygens (including phenoxy) is 1. The molecule has 1 saturated carbocycles. The Kier molecular flexibility index (Phi) is 4.11. The number of rotatable bonds is 4. The molecule has 2 aromatic rings. The highest BCUT2D eigenvalue weighted by Gasteiger charge is 2.32. The maximum absolute atomic E-state index is 13.1. The SMILES string of the molecule is CCc1nc(C2CN(C(=O)c3cc(C)n(C4CC4)c3C)CCO2)n[nH]1. The van der Waals surface area contributed by atoms with Gasteiger partial charge in [0.15, 0.2) is 5.82 Å². The molecule has 0 spiro atoms. The van der Waals surface area contributed by atoms with Crippen LogP contribution in [0.15, 0.2) is 6.07 Å². The van der Waals surface area contributed by atoms with Crippen LogP contribution < -0.4 is 0 Å². The van der Waals surface area contributed by atoms with Crippen molar-refractivity contribution in [1.82, 2.24) is 24.6 Å². The molecular formula is C18H25N5O2. The highest BCUT2D eigenvalue weighted by molar-refractivity contribution is 5.95. The van der Waals surface area contributed by atoms with Crippen LogP contribution in [0.2, 0.25) is 0 Å². The standard InChI is InChI=1S/C18H25N5O2/c1-4-16-19-17(21-20-16)15-10-22(7-8-25-15)18(24)14-9-11(2)23(12(14)3)13-5-6-13/h9,13,15H,4-8,10H2,1-3H3,(H,19,20,21). The van der Waals surface area contributed by atoms with Crippen LogP contribution in [0.4, 0.5) is 0 Å². The fraction of sp³-hybridized carbons (Fsp3) is 0.611. The second-order valence-electron chi connectivity index (χ2n) is 6.99. The smallest absolute Gasteiger partial charge is 0.255 e. The van der Waals surface area contributed by atoms with Gasteiger partial charge >= 0.3 is 0 Å². The molecular weight excluding hydrogens is 318 g/mol. The monoisotopic (exact) mass is 343 g/mol. The summed E-state index contributed by atoms with van der Waals surface area (Å²) in [5.74, 6) is 1.56. The summed E-state index contributed by atoms with van der Waals surface area (Å²) in [5.41, 5.74) is 3.07. The summed E-state index contributed by atoms with van der Waals surface area (Å²) in [5, 5.41) is 7.16. The number of H-pyrrole nitrogens is 1. The second kappa shape index (κ2) is 6.29. The van der Waals surface area contributed by atoms with Crippen molar-refractivity contribution in [3.63, 3.8) is 0 Å². The normalized spacial score (nSPS) is 20.9. The summed E-state index contributed by atoms with van der Waals surface area (Å²) in [7, 11) is 0. The topological polar surface area (TPSA) is 76.0 Å². The van der Waals surface area contributed by atoms with Crippen LogP contribution in [0.3, 0.4) is 0 Å². The minimum Gasteiger partial charge on any atom is -0.366 e. The van der Waals surface area contributed by atoms with Gasteiger partial charge in [-0.3, -0.25) is 9.89 Å². The fourth-order valence-corrected chi connectivity index (χ4v) is 3.66. The van der Waals surface area contributed by atoms with Crippen molar-refractivity contribution >= 4 is 5.91 Å². The summed E-state index contributed by atoms with van der Waals surface area (Å²) in [6, 6.07) is 2.61. The van der Waals surface area contributed by atoms with Crippen LogP contribution in [-0.4, -0.2) is 50.3 Å². The molecule has 134 valence electrons. The first-order valence-corrected chi connectivity index (χ1v) is 9.09. The van der Waals surface area contributed by atoms with Crippen LogP contribution >= 0.6 is 0 Å². The van der Waals surface area contributed by atoms with Crippen molar-refractivity contribution in [2.24, 2.45) is 0 Å².